The zero-order chi connectivity index (χ0) is 22.4. The summed E-state index contributed by atoms with van der Waals surface area (Å²) in [5.41, 5.74) is 5.10. The predicted octanol–water partition coefficient (Wildman–Crippen LogP) is 5.73. The van der Waals surface area contributed by atoms with Gasteiger partial charge in [-0.15, -0.1) is 23.5 Å². The van der Waals surface area contributed by atoms with Gasteiger partial charge in [0.1, 0.15) is 0 Å². The number of aryl methyl sites for hydroxylation is 1. The first kappa shape index (κ1) is 20.7. The minimum Gasteiger partial charge on any atom is -0.322 e. The monoisotopic (exact) mass is 473 g/mol. The zero-order valence-corrected chi connectivity index (χ0v) is 19.8. The number of hydrogen-bond donors (Lipinski definition) is 1. The average Bonchev–Trinajstić information content (AvgIpc) is 3.44. The van der Waals surface area contributed by atoms with Gasteiger partial charge in [0, 0.05) is 35.0 Å². The second kappa shape index (κ2) is 8.50. The topological polar surface area (TPSA) is 72.7 Å². The molecule has 33 heavy (non-hydrogen) atoms. The molecule has 1 aliphatic heterocycles. The Labute approximate surface area is 200 Å². The van der Waals surface area contributed by atoms with E-state index in [1.165, 1.54) is 17.1 Å². The number of carbonyl (C=O) groups is 1. The van der Waals surface area contributed by atoms with Crippen LogP contribution in [0.1, 0.15) is 50.7 Å². The largest absolute Gasteiger partial charge is 0.322 e. The van der Waals surface area contributed by atoms with Gasteiger partial charge < -0.3 is 5.32 Å². The summed E-state index contributed by atoms with van der Waals surface area (Å²) in [5, 5.41) is 8.62. The maximum atomic E-state index is 13.6. The fraction of sp³-hybridized carbons (Fsp3) is 0.280. The second-order valence-corrected chi connectivity index (χ2v) is 11.1. The van der Waals surface area contributed by atoms with Gasteiger partial charge in [-0.3, -0.25) is 4.79 Å². The number of rotatable bonds is 5. The van der Waals surface area contributed by atoms with Gasteiger partial charge in [-0.25, -0.2) is 9.97 Å². The lowest BCUT2D eigenvalue weighted by molar-refractivity contribution is 0.102. The van der Waals surface area contributed by atoms with Gasteiger partial charge in [0.25, 0.3) is 5.91 Å². The number of carbonyl (C=O) groups excluding carboxylic acids is 1. The third-order valence-electron chi connectivity index (χ3n) is 5.98. The van der Waals surface area contributed by atoms with E-state index in [4.69, 9.17) is 10.1 Å². The Balaban J connectivity index is 1.41. The van der Waals surface area contributed by atoms with Gasteiger partial charge in [-0.2, -0.15) is 9.78 Å². The molecule has 166 valence electrons. The van der Waals surface area contributed by atoms with Crippen LogP contribution in [-0.4, -0.2) is 37.2 Å². The maximum Gasteiger partial charge on any atom is 0.256 e. The number of anilines is 1. The molecule has 2 fully saturated rings. The third kappa shape index (κ3) is 4.02. The molecule has 4 heterocycles. The molecule has 1 saturated heterocycles. The number of pyridine rings is 2. The lowest BCUT2D eigenvalue weighted by Gasteiger charge is -2.12. The molecule has 1 amide bonds. The highest BCUT2D eigenvalue weighted by Gasteiger charge is 2.29. The fourth-order valence-electron chi connectivity index (χ4n) is 4.23. The molecule has 6 nitrogen and oxygen atoms in total. The summed E-state index contributed by atoms with van der Waals surface area (Å²) in [6.07, 6.45) is 3.95. The zero-order valence-electron chi connectivity index (χ0n) is 18.2. The normalized spacial score (nSPS) is 16.4. The standard InChI is InChI=1S/C25H23N5OS2/c1-15-22-19(24(31)27-18-6-4-5-17(13-18)25-32-11-12-33-25)14-20(16-8-9-16)28-23(22)30(29-15)21-7-2-3-10-26-21/h2-7,10,13-14,16,25H,8-9,11-12H2,1H3,(H,27,31). The van der Waals surface area contributed by atoms with Gasteiger partial charge >= 0.3 is 0 Å². The number of hydrogen-bond acceptors (Lipinski definition) is 6. The first-order valence-corrected chi connectivity index (χ1v) is 13.2. The molecule has 0 bridgehead atoms. The van der Waals surface area contributed by atoms with Crippen molar-refractivity contribution in [2.45, 2.75) is 30.3 Å². The molecule has 8 heteroatoms. The van der Waals surface area contributed by atoms with Crippen LogP contribution < -0.4 is 5.32 Å². The Bertz CT molecular complexity index is 1340. The van der Waals surface area contributed by atoms with Crippen molar-refractivity contribution in [1.82, 2.24) is 19.7 Å². The highest BCUT2D eigenvalue weighted by atomic mass is 32.2. The number of nitrogens with one attached hydrogen (secondary N) is 1. The third-order valence-corrected chi connectivity index (χ3v) is 9.08. The van der Waals surface area contributed by atoms with E-state index in [0.29, 0.717) is 27.5 Å². The van der Waals surface area contributed by atoms with Crippen molar-refractivity contribution in [3.05, 3.63) is 77.2 Å². The number of fused-ring (bicyclic) bond motifs is 1. The van der Waals surface area contributed by atoms with Crippen LogP contribution in [0.5, 0.6) is 0 Å². The van der Waals surface area contributed by atoms with Gasteiger partial charge in [0.05, 0.1) is 21.2 Å². The quantitative estimate of drug-likeness (QED) is 0.399. The summed E-state index contributed by atoms with van der Waals surface area (Å²) in [6, 6.07) is 15.9. The number of aromatic nitrogens is 4. The number of amides is 1. The molecule has 4 aromatic rings. The Morgan fingerprint density at radius 2 is 1.94 bits per heavy atom. The Hall–Kier alpha value is -2.84. The summed E-state index contributed by atoms with van der Waals surface area (Å²) >= 11 is 3.92. The SMILES string of the molecule is Cc1nn(-c2ccccn2)c2nc(C3CC3)cc(C(=O)Nc3cccc(C4SCCS4)c3)c12. The van der Waals surface area contributed by atoms with E-state index in [1.54, 1.807) is 10.9 Å². The molecule has 1 aromatic carbocycles. The molecule has 1 N–H and O–H groups in total. The number of thioether (sulfide) groups is 2. The van der Waals surface area contributed by atoms with E-state index in [-0.39, 0.29) is 5.91 Å². The van der Waals surface area contributed by atoms with Gasteiger partial charge in [0.15, 0.2) is 11.5 Å². The van der Waals surface area contributed by atoms with E-state index < -0.39 is 0 Å². The molecule has 0 radical (unpaired) electrons. The molecule has 3 aromatic heterocycles. The molecule has 0 spiro atoms. The maximum absolute atomic E-state index is 13.6. The molecule has 0 unspecified atom stereocenters. The van der Waals surface area contributed by atoms with Crippen molar-refractivity contribution >= 4 is 46.2 Å². The molecular weight excluding hydrogens is 450 g/mol. The summed E-state index contributed by atoms with van der Waals surface area (Å²) in [4.78, 5) is 22.9. The summed E-state index contributed by atoms with van der Waals surface area (Å²) in [7, 11) is 0. The highest BCUT2D eigenvalue weighted by Crippen LogP contribution is 2.45. The summed E-state index contributed by atoms with van der Waals surface area (Å²) < 4.78 is 2.19. The van der Waals surface area contributed by atoms with Crippen LogP contribution >= 0.6 is 23.5 Å². The van der Waals surface area contributed by atoms with Gasteiger partial charge in [0.2, 0.25) is 0 Å². The van der Waals surface area contributed by atoms with Crippen LogP contribution in [0.15, 0.2) is 54.7 Å². The van der Waals surface area contributed by atoms with Crippen molar-refractivity contribution in [2.75, 3.05) is 16.8 Å². The van der Waals surface area contributed by atoms with Gasteiger partial charge in [-0.1, -0.05) is 18.2 Å². The van der Waals surface area contributed by atoms with Crippen LogP contribution in [0.2, 0.25) is 0 Å². The first-order valence-electron chi connectivity index (χ1n) is 11.1. The van der Waals surface area contributed by atoms with Crippen molar-refractivity contribution in [1.29, 1.82) is 0 Å². The molecule has 2 aliphatic rings. The average molecular weight is 474 g/mol. The van der Waals surface area contributed by atoms with E-state index in [1.807, 2.05) is 66.8 Å². The second-order valence-electron chi connectivity index (χ2n) is 8.41. The van der Waals surface area contributed by atoms with Crippen molar-refractivity contribution in [2.24, 2.45) is 0 Å². The van der Waals surface area contributed by atoms with Crippen molar-refractivity contribution in [3.63, 3.8) is 0 Å². The Kier molecular flexibility index (Phi) is 5.34. The molecule has 1 saturated carbocycles. The Morgan fingerprint density at radius 3 is 2.70 bits per heavy atom. The van der Waals surface area contributed by atoms with Gasteiger partial charge in [-0.05, 0) is 55.7 Å². The van der Waals surface area contributed by atoms with Crippen LogP contribution in [0, 0.1) is 6.92 Å². The van der Waals surface area contributed by atoms with Crippen LogP contribution in [0.25, 0.3) is 16.9 Å². The van der Waals surface area contributed by atoms with E-state index >= 15 is 0 Å². The highest BCUT2D eigenvalue weighted by molar-refractivity contribution is 8.19. The van der Waals surface area contributed by atoms with Crippen molar-refractivity contribution in [3.8, 4) is 5.82 Å². The predicted molar refractivity (Wildman–Crippen MR) is 135 cm³/mol. The lowest BCUT2D eigenvalue weighted by atomic mass is 10.1. The summed E-state index contributed by atoms with van der Waals surface area (Å²) in [6.45, 7) is 1.92. The minimum atomic E-state index is -0.128. The lowest BCUT2D eigenvalue weighted by Crippen LogP contribution is -2.14. The number of benzene rings is 1. The fourth-order valence-corrected chi connectivity index (χ4v) is 7.07. The molecule has 6 rings (SSSR count). The van der Waals surface area contributed by atoms with Crippen LogP contribution in [0.4, 0.5) is 5.69 Å². The van der Waals surface area contributed by atoms with Crippen molar-refractivity contribution < 1.29 is 4.79 Å². The molecular formula is C25H23N5OS2. The summed E-state index contributed by atoms with van der Waals surface area (Å²) in [5.74, 6) is 3.32. The van der Waals surface area contributed by atoms with Crippen LogP contribution in [-0.2, 0) is 0 Å². The van der Waals surface area contributed by atoms with E-state index in [9.17, 15) is 4.79 Å². The van der Waals surface area contributed by atoms with E-state index in [0.717, 1.165) is 35.3 Å². The van der Waals surface area contributed by atoms with E-state index in [2.05, 4.69) is 22.4 Å². The number of nitrogens with zero attached hydrogens (tertiary/aromatic N) is 4. The smallest absolute Gasteiger partial charge is 0.256 e. The first-order chi connectivity index (χ1) is 16.2. The molecule has 1 aliphatic carbocycles. The molecule has 0 atom stereocenters. The minimum absolute atomic E-state index is 0.128. The Morgan fingerprint density at radius 1 is 1.09 bits per heavy atom. The van der Waals surface area contributed by atoms with Crippen LogP contribution in [0.3, 0.4) is 0 Å².